The Balaban J connectivity index is 1.54. The number of pyridine rings is 1. The number of piperidine rings is 1. The summed E-state index contributed by atoms with van der Waals surface area (Å²) in [6.07, 6.45) is 2.97. The maximum Gasteiger partial charge on any atom is 0.407 e. The summed E-state index contributed by atoms with van der Waals surface area (Å²) in [4.78, 5) is 28.3. The normalized spacial score (nSPS) is 23.0. The van der Waals surface area contributed by atoms with Crippen LogP contribution in [0.15, 0.2) is 18.3 Å². The number of carbonyl (C=O) groups excluding carboxylic acids is 1. The number of aromatic nitrogens is 1. The number of rotatable bonds is 6. The van der Waals surface area contributed by atoms with Crippen molar-refractivity contribution in [2.75, 3.05) is 13.2 Å². The van der Waals surface area contributed by atoms with Crippen molar-refractivity contribution in [1.29, 1.82) is 0 Å². The first kappa shape index (κ1) is 19.3. The van der Waals surface area contributed by atoms with Crippen LogP contribution in [0.1, 0.15) is 44.1 Å². The molecule has 3 rings (SSSR count). The van der Waals surface area contributed by atoms with Gasteiger partial charge < -0.3 is 20.1 Å². The maximum absolute atomic E-state index is 14.2. The van der Waals surface area contributed by atoms with E-state index in [1.807, 2.05) is 0 Å². The third-order valence-corrected chi connectivity index (χ3v) is 5.00. The molecule has 27 heavy (non-hydrogen) atoms. The summed E-state index contributed by atoms with van der Waals surface area (Å²) in [7, 11) is 0. The molecule has 0 bridgehead atoms. The molecule has 2 atom stereocenters. The minimum atomic E-state index is -3.70. The van der Waals surface area contributed by atoms with Gasteiger partial charge in [-0.3, -0.25) is 4.79 Å². The summed E-state index contributed by atoms with van der Waals surface area (Å²) in [5, 5.41) is 11.4. The van der Waals surface area contributed by atoms with Gasteiger partial charge in [0.05, 0.1) is 0 Å². The maximum atomic E-state index is 14.2. The van der Waals surface area contributed by atoms with E-state index in [1.165, 1.54) is 11.1 Å². The number of likely N-dealkylation sites (tertiary alicyclic amines) is 1. The summed E-state index contributed by atoms with van der Waals surface area (Å²) in [6.45, 7) is 0.801. The first-order valence-electron chi connectivity index (χ1n) is 9.04. The van der Waals surface area contributed by atoms with E-state index in [2.05, 4.69) is 10.3 Å². The van der Waals surface area contributed by atoms with Crippen molar-refractivity contribution in [3.63, 3.8) is 0 Å². The summed E-state index contributed by atoms with van der Waals surface area (Å²) in [6, 6.07) is 2.69. The van der Waals surface area contributed by atoms with E-state index >= 15 is 0 Å². The molecule has 0 unspecified atom stereocenters. The van der Waals surface area contributed by atoms with Gasteiger partial charge >= 0.3 is 12.0 Å². The van der Waals surface area contributed by atoms with Crippen LogP contribution in [0.3, 0.4) is 0 Å². The molecule has 0 aromatic carbocycles. The zero-order valence-electron chi connectivity index (χ0n) is 15.0. The number of ether oxygens (including phenoxy) is 1. The van der Waals surface area contributed by atoms with E-state index < -0.39 is 30.6 Å². The number of carboxylic acid groups (broad SMARTS) is 1. The number of hydrogen-bond donors (Lipinski definition) is 2. The van der Waals surface area contributed by atoms with Crippen molar-refractivity contribution >= 4 is 12.0 Å². The van der Waals surface area contributed by atoms with E-state index in [9.17, 15) is 18.4 Å². The fraction of sp³-hybridized carbons (Fsp3) is 0.611. The highest BCUT2D eigenvalue weighted by Gasteiger charge is 2.42. The molecule has 2 aliphatic rings. The van der Waals surface area contributed by atoms with Crippen LogP contribution in [0.5, 0.6) is 5.88 Å². The quantitative estimate of drug-likeness (QED) is 0.788. The highest BCUT2D eigenvalue weighted by Crippen LogP contribution is 2.43. The molecular formula is C18H23F2N3O4. The molecular weight excluding hydrogens is 360 g/mol. The van der Waals surface area contributed by atoms with Crippen molar-refractivity contribution in [3.8, 4) is 5.88 Å². The molecule has 148 valence electrons. The van der Waals surface area contributed by atoms with Crippen LogP contribution in [0.2, 0.25) is 0 Å². The van der Waals surface area contributed by atoms with Gasteiger partial charge in [-0.05, 0) is 44.6 Å². The molecule has 1 aliphatic carbocycles. The lowest BCUT2D eigenvalue weighted by atomic mass is 9.98. The number of amides is 2. The summed E-state index contributed by atoms with van der Waals surface area (Å²) in [5.41, 5.74) is 0.795. The van der Waals surface area contributed by atoms with Gasteiger partial charge in [0.2, 0.25) is 5.88 Å². The molecule has 1 aliphatic heterocycles. The number of nitrogens with zero attached hydrogens (tertiary/aromatic N) is 2. The second-order valence-corrected chi connectivity index (χ2v) is 7.18. The molecule has 0 radical (unpaired) electrons. The fourth-order valence-electron chi connectivity index (χ4n) is 3.33. The van der Waals surface area contributed by atoms with Crippen molar-refractivity contribution < 1.29 is 28.2 Å². The number of carbonyl (C=O) groups is 2. The molecule has 1 saturated heterocycles. The minimum absolute atomic E-state index is 0.149. The molecule has 2 heterocycles. The monoisotopic (exact) mass is 383 g/mol. The van der Waals surface area contributed by atoms with Gasteiger partial charge in [0, 0.05) is 30.4 Å². The minimum Gasteiger partial charge on any atom is -0.470 e. The van der Waals surface area contributed by atoms with Crippen LogP contribution < -0.4 is 10.1 Å². The van der Waals surface area contributed by atoms with Gasteiger partial charge in [0.15, 0.2) is 6.61 Å². The number of hydrogen-bond acceptors (Lipinski definition) is 4. The largest absolute Gasteiger partial charge is 0.470 e. The molecule has 2 amide bonds. The van der Waals surface area contributed by atoms with E-state index in [0.717, 1.165) is 18.4 Å². The van der Waals surface area contributed by atoms with Gasteiger partial charge in [0.1, 0.15) is 0 Å². The van der Waals surface area contributed by atoms with Crippen LogP contribution >= 0.6 is 0 Å². The van der Waals surface area contributed by atoms with E-state index in [0.29, 0.717) is 12.8 Å². The Labute approximate surface area is 155 Å². The van der Waals surface area contributed by atoms with Crippen molar-refractivity contribution in [3.05, 3.63) is 23.9 Å². The lowest BCUT2D eigenvalue weighted by molar-refractivity contribution is -0.151. The Morgan fingerprint density at radius 2 is 2.15 bits per heavy atom. The topological polar surface area (TPSA) is 91.8 Å². The third-order valence-electron chi connectivity index (χ3n) is 5.00. The Kier molecular flexibility index (Phi) is 5.48. The highest BCUT2D eigenvalue weighted by atomic mass is 19.3. The van der Waals surface area contributed by atoms with Crippen LogP contribution in [-0.2, 0) is 4.79 Å². The summed E-state index contributed by atoms with van der Waals surface area (Å²) in [5.74, 6) is -4.67. The Bertz CT molecular complexity index is 712. The van der Waals surface area contributed by atoms with E-state index in [4.69, 9.17) is 9.84 Å². The van der Waals surface area contributed by atoms with Crippen LogP contribution in [-0.4, -0.2) is 58.1 Å². The average Bonchev–Trinajstić information content (AvgIpc) is 3.45. The Hall–Kier alpha value is -2.45. The van der Waals surface area contributed by atoms with E-state index in [1.54, 1.807) is 19.1 Å². The number of nitrogens with one attached hydrogen (secondary N) is 1. The molecule has 2 N–H and O–H groups in total. The van der Waals surface area contributed by atoms with Gasteiger partial charge in [-0.2, -0.15) is 8.78 Å². The zero-order valence-corrected chi connectivity index (χ0v) is 15.0. The third kappa shape index (κ3) is 4.64. The zero-order chi connectivity index (χ0) is 19.6. The molecule has 0 spiro atoms. The Morgan fingerprint density at radius 1 is 1.41 bits per heavy atom. The summed E-state index contributed by atoms with van der Waals surface area (Å²) < 4.78 is 33.7. The van der Waals surface area contributed by atoms with Gasteiger partial charge in [-0.15, -0.1) is 0 Å². The number of alkyl halides is 2. The fourth-order valence-corrected chi connectivity index (χ4v) is 3.33. The number of halogens is 2. The van der Waals surface area contributed by atoms with Crippen molar-refractivity contribution in [2.24, 2.45) is 0 Å². The lowest BCUT2D eigenvalue weighted by Crippen LogP contribution is -2.54. The first-order valence-corrected chi connectivity index (χ1v) is 9.04. The summed E-state index contributed by atoms with van der Waals surface area (Å²) >= 11 is 0. The molecule has 9 heteroatoms. The lowest BCUT2D eigenvalue weighted by Gasteiger charge is -2.36. The average molecular weight is 383 g/mol. The van der Waals surface area contributed by atoms with Crippen LogP contribution in [0.25, 0.3) is 0 Å². The van der Waals surface area contributed by atoms with E-state index in [-0.39, 0.29) is 24.4 Å². The highest BCUT2D eigenvalue weighted by molar-refractivity contribution is 5.83. The smallest absolute Gasteiger partial charge is 0.407 e. The molecule has 1 saturated carbocycles. The Morgan fingerprint density at radius 3 is 2.78 bits per heavy atom. The van der Waals surface area contributed by atoms with Gasteiger partial charge in [0.25, 0.3) is 5.91 Å². The van der Waals surface area contributed by atoms with Crippen molar-refractivity contribution in [1.82, 2.24) is 15.2 Å². The SMILES string of the molecule is C[C@@H]1C[C@H](NC(=O)C(F)(F)COc2ncccc2C2CC2)CCN1C(=O)O. The molecule has 1 aromatic heterocycles. The molecule has 2 fully saturated rings. The van der Waals surface area contributed by atoms with Crippen LogP contribution in [0.4, 0.5) is 13.6 Å². The second-order valence-electron chi connectivity index (χ2n) is 7.18. The first-order chi connectivity index (χ1) is 12.8. The molecule has 1 aromatic rings. The second kappa shape index (κ2) is 7.66. The van der Waals surface area contributed by atoms with Gasteiger partial charge in [-0.1, -0.05) is 6.07 Å². The predicted molar refractivity (Wildman–Crippen MR) is 92.0 cm³/mol. The predicted octanol–water partition coefficient (Wildman–Crippen LogP) is 2.62. The standard InChI is InChI=1S/C18H23F2N3O4/c1-11-9-13(6-8-23(11)17(25)26)22-16(24)18(19,20)10-27-15-14(12-4-5-12)3-2-7-21-15/h2-3,7,11-13H,4-6,8-10H2,1H3,(H,22,24)(H,25,26)/t11-,13-/m1/s1. The van der Waals surface area contributed by atoms with Crippen LogP contribution in [0, 0.1) is 0 Å². The van der Waals surface area contributed by atoms with Gasteiger partial charge in [-0.25, -0.2) is 9.78 Å². The van der Waals surface area contributed by atoms with Crippen molar-refractivity contribution in [2.45, 2.75) is 56.5 Å². The molecule has 7 nitrogen and oxygen atoms in total.